The van der Waals surface area contributed by atoms with Gasteiger partial charge in [-0.25, -0.2) is 0 Å². The molecule has 1 fully saturated rings. The summed E-state index contributed by atoms with van der Waals surface area (Å²) in [4.78, 5) is 0. The summed E-state index contributed by atoms with van der Waals surface area (Å²) < 4.78 is 0. The third-order valence-corrected chi connectivity index (χ3v) is 5.32. The number of hydrogen-bond acceptors (Lipinski definition) is 1. The van der Waals surface area contributed by atoms with Crippen molar-refractivity contribution in [2.75, 3.05) is 0 Å². The summed E-state index contributed by atoms with van der Waals surface area (Å²) in [5.41, 5.74) is 4.57. The number of benzene rings is 2. The summed E-state index contributed by atoms with van der Waals surface area (Å²) in [5.74, 6) is 1.54. The van der Waals surface area contributed by atoms with Crippen molar-refractivity contribution in [3.05, 3.63) is 84.5 Å². The van der Waals surface area contributed by atoms with Crippen LogP contribution < -0.4 is 0 Å². The molecule has 0 atom stereocenters. The van der Waals surface area contributed by atoms with Crippen LogP contribution in [0, 0.1) is 17.2 Å². The van der Waals surface area contributed by atoms with E-state index in [-0.39, 0.29) is 0 Å². The highest BCUT2D eigenvalue weighted by Gasteiger charge is 2.21. The smallest absolute Gasteiger partial charge is 0.0991 e. The van der Waals surface area contributed by atoms with Gasteiger partial charge in [-0.05, 0) is 72.8 Å². The van der Waals surface area contributed by atoms with Crippen LogP contribution in [0.3, 0.4) is 0 Å². The second-order valence-corrected chi connectivity index (χ2v) is 6.93. The van der Waals surface area contributed by atoms with E-state index >= 15 is 0 Å². The Bertz CT molecular complexity index is 751. The molecule has 1 saturated carbocycles. The predicted octanol–water partition coefficient (Wildman–Crippen LogP) is 6.63. The first-order valence-corrected chi connectivity index (χ1v) is 9.18. The van der Waals surface area contributed by atoms with Crippen molar-refractivity contribution >= 4 is 0 Å². The van der Waals surface area contributed by atoms with E-state index in [1.165, 1.54) is 48.8 Å². The minimum Gasteiger partial charge on any atom is -0.192 e. The van der Waals surface area contributed by atoms with Crippen molar-refractivity contribution in [3.63, 3.8) is 0 Å². The molecule has 1 aliphatic carbocycles. The Labute approximate surface area is 151 Å². The van der Waals surface area contributed by atoms with E-state index in [9.17, 15) is 0 Å². The van der Waals surface area contributed by atoms with Crippen LogP contribution in [-0.4, -0.2) is 0 Å². The van der Waals surface area contributed by atoms with Crippen LogP contribution >= 0.6 is 0 Å². The lowest BCUT2D eigenvalue weighted by Crippen LogP contribution is -2.12. The molecule has 1 aliphatic rings. The van der Waals surface area contributed by atoms with Gasteiger partial charge < -0.3 is 0 Å². The molecule has 0 N–H and O–H groups in total. The average molecular weight is 327 g/mol. The van der Waals surface area contributed by atoms with E-state index in [4.69, 9.17) is 5.26 Å². The minimum absolute atomic E-state index is 0.703. The maximum atomic E-state index is 8.90. The highest BCUT2D eigenvalue weighted by molar-refractivity contribution is 5.64. The summed E-state index contributed by atoms with van der Waals surface area (Å²) in [6, 6.07) is 19.0. The van der Waals surface area contributed by atoms with Gasteiger partial charge in [0, 0.05) is 0 Å². The van der Waals surface area contributed by atoms with Crippen LogP contribution in [0.2, 0.25) is 0 Å². The molecule has 2 aromatic carbocycles. The summed E-state index contributed by atoms with van der Waals surface area (Å²) in [5, 5.41) is 8.90. The van der Waals surface area contributed by atoms with Crippen LogP contribution in [0.15, 0.2) is 73.3 Å². The third kappa shape index (κ3) is 4.48. The van der Waals surface area contributed by atoms with Gasteiger partial charge in [-0.2, -0.15) is 5.26 Å². The monoisotopic (exact) mass is 327 g/mol. The molecule has 0 amide bonds. The van der Waals surface area contributed by atoms with Crippen molar-refractivity contribution in [2.24, 2.45) is 5.92 Å². The summed E-state index contributed by atoms with van der Waals surface area (Å²) in [6.07, 6.45) is 12.6. The van der Waals surface area contributed by atoms with Gasteiger partial charge >= 0.3 is 0 Å². The summed E-state index contributed by atoms with van der Waals surface area (Å²) >= 11 is 0. The zero-order valence-electron chi connectivity index (χ0n) is 14.7. The lowest BCUT2D eigenvalue weighted by molar-refractivity contribution is 0.328. The fourth-order valence-corrected chi connectivity index (χ4v) is 3.78. The van der Waals surface area contributed by atoms with Crippen molar-refractivity contribution in [2.45, 2.75) is 38.0 Å². The summed E-state index contributed by atoms with van der Waals surface area (Å²) in [7, 11) is 0. The first-order chi connectivity index (χ1) is 12.3. The molecule has 1 nitrogen and oxygen atoms in total. The zero-order valence-corrected chi connectivity index (χ0v) is 14.7. The predicted molar refractivity (Wildman–Crippen MR) is 105 cm³/mol. The molecule has 3 rings (SSSR count). The Morgan fingerprint density at radius 2 is 1.52 bits per heavy atom. The van der Waals surface area contributed by atoms with Crippen molar-refractivity contribution in [1.82, 2.24) is 0 Å². The minimum atomic E-state index is 0.703. The van der Waals surface area contributed by atoms with Gasteiger partial charge in [0.15, 0.2) is 0 Å². The molecule has 126 valence electrons. The molecule has 25 heavy (non-hydrogen) atoms. The second kappa shape index (κ2) is 8.49. The van der Waals surface area contributed by atoms with Crippen molar-refractivity contribution in [1.29, 1.82) is 5.26 Å². The fraction of sp³-hybridized carbons (Fsp3) is 0.292. The quantitative estimate of drug-likeness (QED) is 0.565. The zero-order chi connectivity index (χ0) is 17.5. The van der Waals surface area contributed by atoms with Crippen molar-refractivity contribution < 1.29 is 0 Å². The van der Waals surface area contributed by atoms with Gasteiger partial charge in [-0.15, -0.1) is 0 Å². The number of rotatable bonds is 5. The first-order valence-electron chi connectivity index (χ1n) is 9.18. The van der Waals surface area contributed by atoms with E-state index in [1.807, 2.05) is 30.3 Å². The van der Waals surface area contributed by atoms with E-state index in [1.54, 1.807) is 0 Å². The second-order valence-electron chi connectivity index (χ2n) is 6.93. The van der Waals surface area contributed by atoms with Crippen molar-refractivity contribution in [3.8, 4) is 17.2 Å². The maximum absolute atomic E-state index is 8.90. The SMILES string of the molecule is C=CC=CCC1CCC(c2ccc(-c3ccc(C#N)cc3)cc2)CC1. The largest absolute Gasteiger partial charge is 0.192 e. The number of nitriles is 1. The van der Waals surface area contributed by atoms with Gasteiger partial charge in [0.25, 0.3) is 0 Å². The highest BCUT2D eigenvalue weighted by Crippen LogP contribution is 2.37. The van der Waals surface area contributed by atoms with Crippen LogP contribution in [0.5, 0.6) is 0 Å². The van der Waals surface area contributed by atoms with Gasteiger partial charge in [-0.1, -0.05) is 61.2 Å². The summed E-state index contributed by atoms with van der Waals surface area (Å²) in [6.45, 7) is 3.73. The number of nitrogens with zero attached hydrogens (tertiary/aromatic N) is 1. The molecule has 0 saturated heterocycles. The maximum Gasteiger partial charge on any atom is 0.0991 e. The standard InChI is InChI=1S/C24H25N/c1-2-3-4-5-19-6-10-21(11-7-19)23-14-16-24(17-15-23)22-12-8-20(18-25)9-13-22/h2-4,8-9,12-17,19,21H,1,5-7,10-11H2. The Hall–Kier alpha value is -2.59. The van der Waals surface area contributed by atoms with Gasteiger partial charge in [0.05, 0.1) is 11.6 Å². The lowest BCUT2D eigenvalue weighted by atomic mass is 9.77. The van der Waals surface area contributed by atoms with Crippen LogP contribution in [0.4, 0.5) is 0 Å². The van der Waals surface area contributed by atoms with E-state index in [2.05, 4.69) is 49.1 Å². The lowest BCUT2D eigenvalue weighted by Gasteiger charge is -2.28. The molecule has 0 unspecified atom stereocenters. The Morgan fingerprint density at radius 3 is 2.08 bits per heavy atom. The topological polar surface area (TPSA) is 23.8 Å². The highest BCUT2D eigenvalue weighted by atomic mass is 14.3. The van der Waals surface area contributed by atoms with E-state index < -0.39 is 0 Å². The number of hydrogen-bond donors (Lipinski definition) is 0. The van der Waals surface area contributed by atoms with Crippen LogP contribution in [0.1, 0.15) is 49.1 Å². The molecule has 0 bridgehead atoms. The van der Waals surface area contributed by atoms with Crippen LogP contribution in [0.25, 0.3) is 11.1 Å². The van der Waals surface area contributed by atoms with Gasteiger partial charge in [0.2, 0.25) is 0 Å². The Balaban J connectivity index is 1.60. The first kappa shape index (κ1) is 17.2. The molecular weight excluding hydrogens is 302 g/mol. The Morgan fingerprint density at radius 1 is 0.920 bits per heavy atom. The normalized spacial score (nSPS) is 20.3. The molecule has 0 aromatic heterocycles. The molecule has 2 aromatic rings. The van der Waals surface area contributed by atoms with Crippen LogP contribution in [-0.2, 0) is 0 Å². The fourth-order valence-electron chi connectivity index (χ4n) is 3.78. The van der Waals surface area contributed by atoms with E-state index in [0.29, 0.717) is 11.5 Å². The van der Waals surface area contributed by atoms with Gasteiger partial charge in [0.1, 0.15) is 0 Å². The molecular formula is C24H25N. The molecule has 0 spiro atoms. The molecule has 0 heterocycles. The Kier molecular flexibility index (Phi) is 5.86. The third-order valence-electron chi connectivity index (χ3n) is 5.32. The van der Waals surface area contributed by atoms with E-state index in [0.717, 1.165) is 5.92 Å². The molecule has 1 heteroatoms. The van der Waals surface area contributed by atoms with Gasteiger partial charge in [-0.3, -0.25) is 0 Å². The molecule has 0 radical (unpaired) electrons. The molecule has 0 aliphatic heterocycles. The average Bonchev–Trinajstić information content (AvgIpc) is 2.69. The number of allylic oxidation sites excluding steroid dienone is 3.